The maximum absolute atomic E-state index is 12.5. The molecule has 0 aliphatic heterocycles. The molecule has 0 atom stereocenters. The number of sulfonamides is 1. The SMILES string of the molecule is C=CCN(CCOC)S(=O)(=O)c1ccc(CCNC)s1. The number of hydrogen-bond donors (Lipinski definition) is 1. The minimum Gasteiger partial charge on any atom is -0.383 e. The van der Waals surface area contributed by atoms with Crippen molar-refractivity contribution < 1.29 is 13.2 Å². The van der Waals surface area contributed by atoms with Crippen LogP contribution in [0.3, 0.4) is 0 Å². The van der Waals surface area contributed by atoms with Crippen LogP contribution in [0.1, 0.15) is 4.88 Å². The molecule has 0 aliphatic rings. The summed E-state index contributed by atoms with van der Waals surface area (Å²) in [5, 5.41) is 3.05. The lowest BCUT2D eigenvalue weighted by molar-refractivity contribution is 0.182. The second-order valence-electron chi connectivity index (χ2n) is 4.22. The molecule has 0 aromatic carbocycles. The van der Waals surface area contributed by atoms with Crippen LogP contribution in [-0.4, -0.2) is 53.1 Å². The smallest absolute Gasteiger partial charge is 0.252 e. The van der Waals surface area contributed by atoms with Crippen LogP contribution in [0.15, 0.2) is 29.0 Å². The normalized spacial score (nSPS) is 11.9. The summed E-state index contributed by atoms with van der Waals surface area (Å²) in [5.41, 5.74) is 0. The van der Waals surface area contributed by atoms with Gasteiger partial charge in [-0.15, -0.1) is 17.9 Å². The molecule has 1 aromatic rings. The number of ether oxygens (including phenoxy) is 1. The summed E-state index contributed by atoms with van der Waals surface area (Å²) in [7, 11) is -0.0274. The highest BCUT2D eigenvalue weighted by Crippen LogP contribution is 2.25. The third-order valence-corrected chi connectivity index (χ3v) is 6.21. The monoisotopic (exact) mass is 318 g/mol. The minimum absolute atomic E-state index is 0.287. The van der Waals surface area contributed by atoms with E-state index in [0.717, 1.165) is 17.8 Å². The average Bonchev–Trinajstić information content (AvgIpc) is 2.90. The van der Waals surface area contributed by atoms with E-state index in [1.54, 1.807) is 19.3 Å². The number of hydrogen-bond acceptors (Lipinski definition) is 5. The highest BCUT2D eigenvalue weighted by atomic mass is 32.2. The molecule has 0 saturated carbocycles. The van der Waals surface area contributed by atoms with Crippen molar-refractivity contribution in [3.8, 4) is 0 Å². The molecule has 114 valence electrons. The second kappa shape index (κ2) is 8.53. The number of nitrogens with one attached hydrogen (secondary N) is 1. The zero-order valence-corrected chi connectivity index (χ0v) is 13.6. The molecule has 0 bridgehead atoms. The molecule has 0 amide bonds. The van der Waals surface area contributed by atoms with Gasteiger partial charge in [-0.3, -0.25) is 0 Å². The Balaban J connectivity index is 2.88. The molecule has 1 N–H and O–H groups in total. The molecule has 1 aromatic heterocycles. The van der Waals surface area contributed by atoms with E-state index in [1.165, 1.54) is 15.6 Å². The summed E-state index contributed by atoms with van der Waals surface area (Å²) in [5.74, 6) is 0. The summed E-state index contributed by atoms with van der Waals surface area (Å²) in [6.07, 6.45) is 2.42. The quantitative estimate of drug-likeness (QED) is 0.661. The van der Waals surface area contributed by atoms with Crippen LogP contribution >= 0.6 is 11.3 Å². The Bertz CT molecular complexity index is 511. The van der Waals surface area contributed by atoms with E-state index in [-0.39, 0.29) is 6.54 Å². The van der Waals surface area contributed by atoms with Crippen molar-refractivity contribution >= 4 is 21.4 Å². The van der Waals surface area contributed by atoms with Crippen LogP contribution < -0.4 is 5.32 Å². The lowest BCUT2D eigenvalue weighted by Gasteiger charge is -2.19. The molecule has 1 heterocycles. The van der Waals surface area contributed by atoms with E-state index in [2.05, 4.69) is 11.9 Å². The number of thiophene rings is 1. The Morgan fingerprint density at radius 2 is 2.25 bits per heavy atom. The summed E-state index contributed by atoms with van der Waals surface area (Å²) < 4.78 is 31.8. The summed E-state index contributed by atoms with van der Waals surface area (Å²) >= 11 is 1.32. The van der Waals surface area contributed by atoms with Gasteiger partial charge in [-0.25, -0.2) is 8.42 Å². The zero-order chi connectivity index (χ0) is 15.0. The van der Waals surface area contributed by atoms with E-state index in [9.17, 15) is 8.42 Å². The van der Waals surface area contributed by atoms with E-state index < -0.39 is 10.0 Å². The fourth-order valence-electron chi connectivity index (χ4n) is 1.65. The van der Waals surface area contributed by atoms with Crippen molar-refractivity contribution in [3.05, 3.63) is 29.7 Å². The molecular formula is C13H22N2O3S2. The van der Waals surface area contributed by atoms with Gasteiger partial charge in [0.1, 0.15) is 4.21 Å². The Labute approximate surface area is 125 Å². The maximum atomic E-state index is 12.5. The molecule has 1 rings (SSSR count). The highest BCUT2D eigenvalue weighted by molar-refractivity contribution is 7.91. The van der Waals surface area contributed by atoms with Crippen LogP contribution in [0.5, 0.6) is 0 Å². The lowest BCUT2D eigenvalue weighted by Crippen LogP contribution is -2.33. The van der Waals surface area contributed by atoms with Gasteiger partial charge in [0.15, 0.2) is 0 Å². The predicted molar refractivity (Wildman–Crippen MR) is 82.8 cm³/mol. The molecule has 0 aliphatic carbocycles. The van der Waals surface area contributed by atoms with Crippen LogP contribution in [-0.2, 0) is 21.2 Å². The Hall–Kier alpha value is -0.730. The van der Waals surface area contributed by atoms with Crippen molar-refractivity contribution in [1.82, 2.24) is 9.62 Å². The van der Waals surface area contributed by atoms with E-state index in [4.69, 9.17) is 4.74 Å². The number of likely N-dealkylation sites (N-methyl/N-ethyl adjacent to an activating group) is 1. The molecule has 7 heteroatoms. The predicted octanol–water partition coefficient (Wildman–Crippen LogP) is 1.33. The van der Waals surface area contributed by atoms with Gasteiger partial charge in [-0.2, -0.15) is 4.31 Å². The average molecular weight is 318 g/mol. The first kappa shape index (κ1) is 17.3. The second-order valence-corrected chi connectivity index (χ2v) is 7.55. The highest BCUT2D eigenvalue weighted by Gasteiger charge is 2.24. The van der Waals surface area contributed by atoms with E-state index in [1.807, 2.05) is 13.1 Å². The van der Waals surface area contributed by atoms with Gasteiger partial charge in [-0.05, 0) is 32.1 Å². The summed E-state index contributed by atoms with van der Waals surface area (Å²) in [4.78, 5) is 1.06. The first-order chi connectivity index (χ1) is 9.56. The number of nitrogens with zero attached hydrogens (tertiary/aromatic N) is 1. The molecule has 5 nitrogen and oxygen atoms in total. The Morgan fingerprint density at radius 1 is 1.50 bits per heavy atom. The summed E-state index contributed by atoms with van der Waals surface area (Å²) in [6, 6.07) is 3.55. The molecule has 0 spiro atoms. The van der Waals surface area contributed by atoms with Crippen LogP contribution in [0.2, 0.25) is 0 Å². The van der Waals surface area contributed by atoms with Crippen molar-refractivity contribution in [3.63, 3.8) is 0 Å². The van der Waals surface area contributed by atoms with E-state index >= 15 is 0 Å². The van der Waals surface area contributed by atoms with E-state index in [0.29, 0.717) is 17.4 Å². The zero-order valence-electron chi connectivity index (χ0n) is 12.0. The fraction of sp³-hybridized carbons (Fsp3) is 0.538. The van der Waals surface area contributed by atoms with Gasteiger partial charge in [-0.1, -0.05) is 6.08 Å². The topological polar surface area (TPSA) is 58.6 Å². The third kappa shape index (κ3) is 4.68. The molecule has 0 unspecified atom stereocenters. The molecule has 0 radical (unpaired) electrons. The van der Waals surface area contributed by atoms with Crippen LogP contribution in [0.25, 0.3) is 0 Å². The first-order valence-corrected chi connectivity index (χ1v) is 8.65. The van der Waals surface area contributed by atoms with Gasteiger partial charge in [0.2, 0.25) is 0 Å². The lowest BCUT2D eigenvalue weighted by atomic mass is 10.3. The van der Waals surface area contributed by atoms with Crippen molar-refractivity contribution in [2.75, 3.05) is 40.4 Å². The summed E-state index contributed by atoms with van der Waals surface area (Å²) in [6.45, 7) is 5.42. The Morgan fingerprint density at radius 3 is 2.85 bits per heavy atom. The van der Waals surface area contributed by atoms with Crippen LogP contribution in [0, 0.1) is 0 Å². The minimum atomic E-state index is -3.46. The molecule has 20 heavy (non-hydrogen) atoms. The van der Waals surface area contributed by atoms with Gasteiger partial charge >= 0.3 is 0 Å². The molecule has 0 fully saturated rings. The van der Waals surface area contributed by atoms with Crippen molar-refractivity contribution in [2.24, 2.45) is 0 Å². The third-order valence-electron chi connectivity index (χ3n) is 2.73. The van der Waals surface area contributed by atoms with Gasteiger partial charge < -0.3 is 10.1 Å². The largest absolute Gasteiger partial charge is 0.383 e. The fourth-order valence-corrected chi connectivity index (χ4v) is 4.56. The molecule has 0 saturated heterocycles. The maximum Gasteiger partial charge on any atom is 0.252 e. The van der Waals surface area contributed by atoms with Gasteiger partial charge in [0, 0.05) is 25.1 Å². The van der Waals surface area contributed by atoms with Crippen molar-refractivity contribution in [2.45, 2.75) is 10.6 Å². The number of rotatable bonds is 10. The van der Waals surface area contributed by atoms with Crippen molar-refractivity contribution in [1.29, 1.82) is 0 Å². The Kier molecular flexibility index (Phi) is 7.39. The van der Waals surface area contributed by atoms with Crippen LogP contribution in [0.4, 0.5) is 0 Å². The van der Waals surface area contributed by atoms with Gasteiger partial charge in [0.05, 0.1) is 6.61 Å². The molecular weight excluding hydrogens is 296 g/mol. The van der Waals surface area contributed by atoms with Gasteiger partial charge in [0.25, 0.3) is 10.0 Å². The standard InChI is InChI=1S/C13H22N2O3S2/c1-4-9-15(10-11-18-3)20(16,17)13-6-5-12(19-13)7-8-14-2/h4-6,14H,1,7-11H2,2-3H3. The number of methoxy groups -OCH3 is 1. The first-order valence-electron chi connectivity index (χ1n) is 6.39.